The van der Waals surface area contributed by atoms with Crippen LogP contribution in [0.1, 0.15) is 19.8 Å². The molecule has 1 saturated heterocycles. The molecule has 0 saturated carbocycles. The lowest BCUT2D eigenvalue weighted by molar-refractivity contribution is -0.122. The van der Waals surface area contributed by atoms with Crippen LogP contribution < -0.4 is 5.32 Å². The summed E-state index contributed by atoms with van der Waals surface area (Å²) in [4.78, 5) is 13.7. The van der Waals surface area contributed by atoms with Crippen LogP contribution in [0.15, 0.2) is 0 Å². The number of rotatable bonds is 3. The molecule has 1 heterocycles. The Morgan fingerprint density at radius 2 is 2.36 bits per heavy atom. The minimum Gasteiger partial charge on any atom is -0.353 e. The number of carbonyl (C=O) groups is 1. The van der Waals surface area contributed by atoms with Crippen LogP contribution in [0, 0.1) is 5.92 Å². The van der Waals surface area contributed by atoms with Gasteiger partial charge in [0, 0.05) is 24.3 Å². The molecule has 1 rings (SSSR count). The van der Waals surface area contributed by atoms with Gasteiger partial charge in [0.2, 0.25) is 5.91 Å². The summed E-state index contributed by atoms with van der Waals surface area (Å²) >= 11 is 3.27. The Labute approximate surface area is 94.4 Å². The second-order valence-electron chi connectivity index (χ2n) is 4.14. The third-order valence-corrected chi connectivity index (χ3v) is 3.17. The fraction of sp³-hybridized carbons (Fsp3) is 0.900. The Morgan fingerprint density at radius 1 is 1.64 bits per heavy atom. The number of piperidine rings is 1. The average molecular weight is 263 g/mol. The third kappa shape index (κ3) is 3.58. The molecule has 14 heavy (non-hydrogen) atoms. The van der Waals surface area contributed by atoms with Crippen LogP contribution in [-0.2, 0) is 4.79 Å². The molecule has 1 N–H and O–H groups in total. The van der Waals surface area contributed by atoms with Crippen molar-refractivity contribution < 1.29 is 4.79 Å². The summed E-state index contributed by atoms with van der Waals surface area (Å²) in [7, 11) is 2.13. The molecule has 82 valence electrons. The van der Waals surface area contributed by atoms with E-state index in [4.69, 9.17) is 0 Å². The second kappa shape index (κ2) is 5.71. The standard InChI is InChI=1S/C10H19BrN2O/c1-8-7-13(2)6-4-9(8)12-10(14)3-5-11/h8-9H,3-7H2,1-2H3,(H,12,14). The summed E-state index contributed by atoms with van der Waals surface area (Å²) < 4.78 is 0. The number of likely N-dealkylation sites (tertiary alicyclic amines) is 1. The fourth-order valence-electron chi connectivity index (χ4n) is 1.93. The van der Waals surface area contributed by atoms with Gasteiger partial charge in [-0.25, -0.2) is 0 Å². The van der Waals surface area contributed by atoms with E-state index in [1.54, 1.807) is 0 Å². The average Bonchev–Trinajstić information content (AvgIpc) is 2.10. The first-order valence-corrected chi connectivity index (χ1v) is 6.29. The maximum absolute atomic E-state index is 11.4. The van der Waals surface area contributed by atoms with Gasteiger partial charge in [0.05, 0.1) is 0 Å². The molecule has 0 aromatic heterocycles. The molecule has 1 aliphatic heterocycles. The van der Waals surface area contributed by atoms with Gasteiger partial charge in [0.1, 0.15) is 0 Å². The van der Waals surface area contributed by atoms with E-state index >= 15 is 0 Å². The van der Waals surface area contributed by atoms with Gasteiger partial charge in [-0.1, -0.05) is 22.9 Å². The smallest absolute Gasteiger partial charge is 0.221 e. The summed E-state index contributed by atoms with van der Waals surface area (Å²) in [6.07, 6.45) is 1.66. The maximum atomic E-state index is 11.4. The van der Waals surface area contributed by atoms with Gasteiger partial charge in [-0.3, -0.25) is 4.79 Å². The molecule has 4 heteroatoms. The normalized spacial score (nSPS) is 28.8. The minimum atomic E-state index is 0.170. The summed E-state index contributed by atoms with van der Waals surface area (Å²) in [5.74, 6) is 0.733. The van der Waals surface area contributed by atoms with E-state index in [1.165, 1.54) is 0 Å². The van der Waals surface area contributed by atoms with Gasteiger partial charge in [-0.2, -0.15) is 0 Å². The van der Waals surface area contributed by atoms with E-state index in [0.717, 1.165) is 24.8 Å². The topological polar surface area (TPSA) is 32.3 Å². The summed E-state index contributed by atoms with van der Waals surface area (Å²) in [5, 5.41) is 3.84. The van der Waals surface area contributed by atoms with E-state index in [9.17, 15) is 4.79 Å². The number of amides is 1. The molecule has 2 unspecified atom stereocenters. The minimum absolute atomic E-state index is 0.170. The number of halogens is 1. The lowest BCUT2D eigenvalue weighted by atomic mass is 9.94. The number of carbonyl (C=O) groups excluding carboxylic acids is 1. The molecule has 1 amide bonds. The van der Waals surface area contributed by atoms with Crippen molar-refractivity contribution in [2.24, 2.45) is 5.92 Å². The number of nitrogens with zero attached hydrogens (tertiary/aromatic N) is 1. The Morgan fingerprint density at radius 3 is 2.93 bits per heavy atom. The van der Waals surface area contributed by atoms with Gasteiger partial charge in [0.15, 0.2) is 0 Å². The van der Waals surface area contributed by atoms with E-state index in [1.807, 2.05) is 0 Å². The van der Waals surface area contributed by atoms with Gasteiger partial charge in [-0.15, -0.1) is 0 Å². The van der Waals surface area contributed by atoms with Crippen LogP contribution in [0.4, 0.5) is 0 Å². The number of alkyl halides is 1. The Hall–Kier alpha value is -0.0900. The van der Waals surface area contributed by atoms with E-state index in [-0.39, 0.29) is 5.91 Å². The first kappa shape index (κ1) is 12.0. The summed E-state index contributed by atoms with van der Waals surface area (Å²) in [5.41, 5.74) is 0. The highest BCUT2D eigenvalue weighted by atomic mass is 79.9. The molecular weight excluding hydrogens is 244 g/mol. The van der Waals surface area contributed by atoms with Crippen molar-refractivity contribution in [3.8, 4) is 0 Å². The molecule has 0 bridgehead atoms. The van der Waals surface area contributed by atoms with Crippen molar-refractivity contribution in [2.75, 3.05) is 25.5 Å². The van der Waals surface area contributed by atoms with Crippen molar-refractivity contribution in [1.29, 1.82) is 0 Å². The largest absolute Gasteiger partial charge is 0.353 e. The molecule has 2 atom stereocenters. The highest BCUT2D eigenvalue weighted by Gasteiger charge is 2.24. The molecule has 3 nitrogen and oxygen atoms in total. The molecule has 0 aromatic carbocycles. The van der Waals surface area contributed by atoms with Crippen LogP contribution in [0.2, 0.25) is 0 Å². The lowest BCUT2D eigenvalue weighted by Gasteiger charge is -2.35. The van der Waals surface area contributed by atoms with Crippen molar-refractivity contribution in [3.05, 3.63) is 0 Å². The lowest BCUT2D eigenvalue weighted by Crippen LogP contribution is -2.48. The molecule has 0 spiro atoms. The maximum Gasteiger partial charge on any atom is 0.221 e. The van der Waals surface area contributed by atoms with Gasteiger partial charge in [0.25, 0.3) is 0 Å². The van der Waals surface area contributed by atoms with Crippen LogP contribution in [0.5, 0.6) is 0 Å². The van der Waals surface area contributed by atoms with E-state index < -0.39 is 0 Å². The predicted molar refractivity (Wildman–Crippen MR) is 61.6 cm³/mol. The highest BCUT2D eigenvalue weighted by Crippen LogP contribution is 2.15. The zero-order chi connectivity index (χ0) is 10.6. The summed E-state index contributed by atoms with van der Waals surface area (Å²) in [6, 6.07) is 0.373. The van der Waals surface area contributed by atoms with Crippen LogP contribution in [0.3, 0.4) is 0 Å². The van der Waals surface area contributed by atoms with Gasteiger partial charge >= 0.3 is 0 Å². The molecule has 1 aliphatic rings. The number of nitrogens with one attached hydrogen (secondary N) is 1. The van der Waals surface area contributed by atoms with Crippen LogP contribution >= 0.6 is 15.9 Å². The zero-order valence-corrected chi connectivity index (χ0v) is 10.5. The van der Waals surface area contributed by atoms with Crippen LogP contribution in [-0.4, -0.2) is 42.3 Å². The Bertz CT molecular complexity index is 199. The first-order valence-electron chi connectivity index (χ1n) is 5.17. The van der Waals surface area contributed by atoms with Crippen molar-refractivity contribution in [2.45, 2.75) is 25.8 Å². The zero-order valence-electron chi connectivity index (χ0n) is 8.92. The molecule has 1 fully saturated rings. The second-order valence-corrected chi connectivity index (χ2v) is 4.93. The monoisotopic (exact) mass is 262 g/mol. The van der Waals surface area contributed by atoms with Gasteiger partial charge in [-0.05, 0) is 25.9 Å². The Kier molecular flexibility index (Phi) is 4.89. The highest BCUT2D eigenvalue weighted by molar-refractivity contribution is 9.09. The molecule has 0 radical (unpaired) electrons. The van der Waals surface area contributed by atoms with Gasteiger partial charge < -0.3 is 10.2 Å². The molecular formula is C10H19BrN2O. The third-order valence-electron chi connectivity index (χ3n) is 2.78. The van der Waals surface area contributed by atoms with E-state index in [0.29, 0.717) is 18.4 Å². The Balaban J connectivity index is 2.33. The number of hydrogen-bond acceptors (Lipinski definition) is 2. The van der Waals surface area contributed by atoms with Crippen LogP contribution in [0.25, 0.3) is 0 Å². The molecule has 0 aromatic rings. The van der Waals surface area contributed by atoms with Crippen molar-refractivity contribution in [1.82, 2.24) is 10.2 Å². The predicted octanol–water partition coefficient (Wildman–Crippen LogP) is 1.23. The summed E-state index contributed by atoms with van der Waals surface area (Å²) in [6.45, 7) is 4.37. The fourth-order valence-corrected chi connectivity index (χ4v) is 2.29. The van der Waals surface area contributed by atoms with Crippen molar-refractivity contribution in [3.63, 3.8) is 0 Å². The number of hydrogen-bond donors (Lipinski definition) is 1. The van der Waals surface area contributed by atoms with E-state index in [2.05, 4.69) is 40.1 Å². The SMILES string of the molecule is CC1CN(C)CCC1NC(=O)CCBr. The van der Waals surface area contributed by atoms with Crippen molar-refractivity contribution >= 4 is 21.8 Å². The first-order chi connectivity index (χ1) is 6.63. The molecule has 0 aliphatic carbocycles. The quantitative estimate of drug-likeness (QED) is 0.777.